The van der Waals surface area contributed by atoms with Gasteiger partial charge in [-0.05, 0) is 43.8 Å². The van der Waals surface area contributed by atoms with Crippen molar-refractivity contribution in [2.45, 2.75) is 19.4 Å². The van der Waals surface area contributed by atoms with Crippen molar-refractivity contribution >= 4 is 17.3 Å². The summed E-state index contributed by atoms with van der Waals surface area (Å²) >= 11 is 5.29. The van der Waals surface area contributed by atoms with E-state index in [1.807, 2.05) is 25.1 Å². The van der Waals surface area contributed by atoms with E-state index >= 15 is 0 Å². The van der Waals surface area contributed by atoms with Crippen LogP contribution in [0.25, 0.3) is 0 Å². The summed E-state index contributed by atoms with van der Waals surface area (Å²) in [6.07, 6.45) is 0.912. The third kappa shape index (κ3) is 5.77. The molecule has 1 atom stereocenters. The molecule has 2 N–H and O–H groups in total. The fourth-order valence-corrected chi connectivity index (χ4v) is 2.20. The quantitative estimate of drug-likeness (QED) is 0.567. The molecular weight excluding hydrogens is 288 g/mol. The summed E-state index contributed by atoms with van der Waals surface area (Å²) in [6.45, 7) is 3.52. The molecule has 0 spiro atoms. The van der Waals surface area contributed by atoms with Crippen LogP contribution in [0, 0.1) is 0 Å². The minimum Gasteiger partial charge on any atom is -0.497 e. The van der Waals surface area contributed by atoms with Crippen LogP contribution < -0.4 is 20.1 Å². The average Bonchev–Trinajstić information content (AvgIpc) is 2.50. The fourth-order valence-electron chi connectivity index (χ4n) is 1.92. The van der Waals surface area contributed by atoms with Crippen molar-refractivity contribution in [1.29, 1.82) is 0 Å². The Morgan fingerprint density at radius 2 is 2.00 bits per heavy atom. The molecule has 0 amide bonds. The zero-order chi connectivity index (χ0) is 15.7. The van der Waals surface area contributed by atoms with E-state index in [-0.39, 0.29) is 6.04 Å². The van der Waals surface area contributed by atoms with Gasteiger partial charge in [0.15, 0.2) is 5.11 Å². The molecule has 6 heteroatoms. The molecule has 0 radical (unpaired) electrons. The minimum absolute atomic E-state index is 0.0116. The smallest absolute Gasteiger partial charge is 0.166 e. The maximum Gasteiger partial charge on any atom is 0.166 e. The molecule has 0 aromatic heterocycles. The molecule has 0 saturated carbocycles. The van der Waals surface area contributed by atoms with Crippen molar-refractivity contribution in [3.8, 4) is 11.5 Å². The largest absolute Gasteiger partial charge is 0.497 e. The van der Waals surface area contributed by atoms with Gasteiger partial charge in [0.2, 0.25) is 0 Å². The molecule has 0 fully saturated rings. The number of nitrogens with one attached hydrogen (secondary N) is 2. The zero-order valence-corrected chi connectivity index (χ0v) is 13.9. The number of ether oxygens (including phenoxy) is 3. The van der Waals surface area contributed by atoms with Crippen LogP contribution in [0.5, 0.6) is 11.5 Å². The summed E-state index contributed by atoms with van der Waals surface area (Å²) in [5.41, 5.74) is 0.998. The molecule has 118 valence electrons. The summed E-state index contributed by atoms with van der Waals surface area (Å²) in [7, 11) is 4.98. The lowest BCUT2D eigenvalue weighted by Crippen LogP contribution is -2.37. The van der Waals surface area contributed by atoms with Crippen LogP contribution in [0.4, 0.5) is 0 Å². The summed E-state index contributed by atoms with van der Waals surface area (Å²) in [5.74, 6) is 1.59. The van der Waals surface area contributed by atoms with Crippen molar-refractivity contribution in [2.75, 3.05) is 34.5 Å². The van der Waals surface area contributed by atoms with Gasteiger partial charge in [-0.3, -0.25) is 0 Å². The van der Waals surface area contributed by atoms with E-state index in [4.69, 9.17) is 26.4 Å². The monoisotopic (exact) mass is 312 g/mol. The van der Waals surface area contributed by atoms with Crippen molar-refractivity contribution in [3.63, 3.8) is 0 Å². The van der Waals surface area contributed by atoms with Crippen molar-refractivity contribution in [1.82, 2.24) is 10.6 Å². The normalized spacial score (nSPS) is 11.6. The maximum atomic E-state index is 5.38. The number of benzene rings is 1. The highest BCUT2D eigenvalue weighted by Crippen LogP contribution is 2.29. The highest BCUT2D eigenvalue weighted by Gasteiger charge is 2.13. The highest BCUT2D eigenvalue weighted by molar-refractivity contribution is 7.80. The third-order valence-corrected chi connectivity index (χ3v) is 3.32. The first-order valence-corrected chi connectivity index (χ1v) is 7.28. The molecule has 21 heavy (non-hydrogen) atoms. The minimum atomic E-state index is 0.0116. The summed E-state index contributed by atoms with van der Waals surface area (Å²) < 4.78 is 15.6. The predicted molar refractivity (Wildman–Crippen MR) is 88.2 cm³/mol. The standard InChI is InChI=1S/C15H24N2O3S/c1-11(17-15(21)16-8-5-9-18-2)13-10-12(19-3)6-7-14(13)20-4/h6-7,10-11H,5,8-9H2,1-4H3,(H2,16,17,21)/t11-/m0/s1. The zero-order valence-electron chi connectivity index (χ0n) is 13.1. The van der Waals surface area contributed by atoms with E-state index in [0.717, 1.165) is 36.6 Å². The Balaban J connectivity index is 2.61. The Bertz CT molecular complexity index is 455. The van der Waals surface area contributed by atoms with Gasteiger partial charge >= 0.3 is 0 Å². The molecule has 0 unspecified atom stereocenters. The van der Waals surface area contributed by atoms with E-state index in [2.05, 4.69) is 10.6 Å². The molecule has 0 saturated heterocycles. The average molecular weight is 312 g/mol. The van der Waals surface area contributed by atoms with E-state index in [0.29, 0.717) is 5.11 Å². The van der Waals surface area contributed by atoms with Crippen molar-refractivity contribution < 1.29 is 14.2 Å². The molecule has 1 rings (SSSR count). The number of methoxy groups -OCH3 is 3. The van der Waals surface area contributed by atoms with E-state index in [1.165, 1.54) is 0 Å². The van der Waals surface area contributed by atoms with Gasteiger partial charge in [0.25, 0.3) is 0 Å². The van der Waals surface area contributed by atoms with Crippen LogP contribution in [0.2, 0.25) is 0 Å². The number of hydrogen-bond donors (Lipinski definition) is 2. The predicted octanol–water partition coefficient (Wildman–Crippen LogP) is 2.27. The number of hydrogen-bond acceptors (Lipinski definition) is 4. The Morgan fingerprint density at radius 3 is 2.62 bits per heavy atom. The van der Waals surface area contributed by atoms with Gasteiger partial charge in [0.05, 0.1) is 20.3 Å². The molecular formula is C15H24N2O3S. The van der Waals surface area contributed by atoms with Gasteiger partial charge in [0, 0.05) is 25.8 Å². The van der Waals surface area contributed by atoms with Crippen LogP contribution >= 0.6 is 12.2 Å². The van der Waals surface area contributed by atoms with Crippen molar-refractivity contribution in [2.24, 2.45) is 0 Å². The molecule has 0 bridgehead atoms. The van der Waals surface area contributed by atoms with E-state index in [9.17, 15) is 0 Å². The van der Waals surface area contributed by atoms with Crippen molar-refractivity contribution in [3.05, 3.63) is 23.8 Å². The highest BCUT2D eigenvalue weighted by atomic mass is 32.1. The van der Waals surface area contributed by atoms with Gasteiger partial charge in [-0.15, -0.1) is 0 Å². The van der Waals surface area contributed by atoms with Crippen LogP contribution in [0.15, 0.2) is 18.2 Å². The Morgan fingerprint density at radius 1 is 1.24 bits per heavy atom. The van der Waals surface area contributed by atoms with Gasteiger partial charge in [-0.25, -0.2) is 0 Å². The van der Waals surface area contributed by atoms with Gasteiger partial charge in [0.1, 0.15) is 11.5 Å². The summed E-state index contributed by atoms with van der Waals surface area (Å²) in [4.78, 5) is 0. The summed E-state index contributed by atoms with van der Waals surface area (Å²) in [5, 5.41) is 7.01. The lowest BCUT2D eigenvalue weighted by Gasteiger charge is -2.20. The second-order valence-electron chi connectivity index (χ2n) is 4.58. The second-order valence-corrected chi connectivity index (χ2v) is 4.98. The van der Waals surface area contributed by atoms with Crippen LogP contribution in [0.1, 0.15) is 24.9 Å². The van der Waals surface area contributed by atoms with Gasteiger partial charge in [-0.1, -0.05) is 0 Å². The van der Waals surface area contributed by atoms with E-state index < -0.39 is 0 Å². The first-order chi connectivity index (χ1) is 10.1. The fraction of sp³-hybridized carbons (Fsp3) is 0.533. The van der Waals surface area contributed by atoms with E-state index in [1.54, 1.807) is 21.3 Å². The topological polar surface area (TPSA) is 51.8 Å². The SMILES string of the molecule is COCCCNC(=S)N[C@@H](C)c1cc(OC)ccc1OC. The lowest BCUT2D eigenvalue weighted by molar-refractivity contribution is 0.195. The molecule has 0 aliphatic heterocycles. The first kappa shape index (κ1) is 17.5. The molecule has 0 aliphatic rings. The van der Waals surface area contributed by atoms with Gasteiger partial charge in [-0.2, -0.15) is 0 Å². The molecule has 0 aliphatic carbocycles. The lowest BCUT2D eigenvalue weighted by atomic mass is 10.1. The maximum absolute atomic E-state index is 5.38. The Kier molecular flexibility index (Phi) is 7.85. The number of rotatable bonds is 8. The first-order valence-electron chi connectivity index (χ1n) is 6.87. The van der Waals surface area contributed by atoms with Crippen LogP contribution in [0.3, 0.4) is 0 Å². The Labute approximate surface area is 132 Å². The number of thiocarbonyl (C=S) groups is 1. The molecule has 1 aromatic carbocycles. The Hall–Kier alpha value is -1.53. The molecule has 5 nitrogen and oxygen atoms in total. The summed E-state index contributed by atoms with van der Waals surface area (Å²) in [6, 6.07) is 5.72. The second kappa shape index (κ2) is 9.41. The third-order valence-electron chi connectivity index (χ3n) is 3.06. The van der Waals surface area contributed by atoms with Crippen LogP contribution in [-0.2, 0) is 4.74 Å². The molecule has 0 heterocycles. The molecule has 1 aromatic rings. The van der Waals surface area contributed by atoms with Crippen LogP contribution in [-0.4, -0.2) is 39.6 Å². The van der Waals surface area contributed by atoms with Gasteiger partial charge < -0.3 is 24.8 Å².